The maximum atomic E-state index is 12.7. The standard InChI is InChI=1S/C21H24N4O2/c1-13-11-14(2)25-20(23-13)19(15(3)24-25)21(26)22-9-10-27-18-8-7-16-5-4-6-17(16)12-18/h7-8,11-12H,4-6,9-10H2,1-3H3,(H,22,26). The Morgan fingerprint density at radius 2 is 2.00 bits per heavy atom. The monoisotopic (exact) mass is 364 g/mol. The molecule has 1 aliphatic carbocycles. The summed E-state index contributed by atoms with van der Waals surface area (Å²) in [5, 5.41) is 7.37. The topological polar surface area (TPSA) is 68.5 Å². The van der Waals surface area contributed by atoms with Crippen LogP contribution in [-0.2, 0) is 12.8 Å². The van der Waals surface area contributed by atoms with E-state index in [2.05, 4.69) is 27.5 Å². The summed E-state index contributed by atoms with van der Waals surface area (Å²) in [5.74, 6) is 0.697. The first-order chi connectivity index (χ1) is 13.0. The second-order valence-electron chi connectivity index (χ2n) is 7.12. The molecule has 6 nitrogen and oxygen atoms in total. The van der Waals surface area contributed by atoms with Gasteiger partial charge in [0.05, 0.1) is 12.2 Å². The number of aryl methyl sites for hydroxylation is 5. The van der Waals surface area contributed by atoms with Crippen molar-refractivity contribution in [1.29, 1.82) is 0 Å². The highest BCUT2D eigenvalue weighted by atomic mass is 16.5. The molecule has 0 saturated heterocycles. The summed E-state index contributed by atoms with van der Waals surface area (Å²) in [5.41, 5.74) is 6.44. The van der Waals surface area contributed by atoms with E-state index in [1.165, 1.54) is 17.5 Å². The van der Waals surface area contributed by atoms with Crippen LogP contribution < -0.4 is 10.1 Å². The highest BCUT2D eigenvalue weighted by Gasteiger charge is 2.19. The molecular weight excluding hydrogens is 340 g/mol. The Hall–Kier alpha value is -2.89. The Bertz CT molecular complexity index is 1020. The lowest BCUT2D eigenvalue weighted by atomic mass is 10.1. The molecule has 1 aliphatic rings. The number of rotatable bonds is 5. The van der Waals surface area contributed by atoms with Crippen molar-refractivity contribution in [3.63, 3.8) is 0 Å². The number of benzene rings is 1. The molecule has 1 amide bonds. The average Bonchev–Trinajstić information content (AvgIpc) is 3.22. The van der Waals surface area contributed by atoms with E-state index in [0.29, 0.717) is 30.1 Å². The highest BCUT2D eigenvalue weighted by Crippen LogP contribution is 2.25. The van der Waals surface area contributed by atoms with E-state index < -0.39 is 0 Å². The second kappa shape index (κ2) is 7.02. The summed E-state index contributed by atoms with van der Waals surface area (Å²) in [4.78, 5) is 17.2. The maximum absolute atomic E-state index is 12.7. The van der Waals surface area contributed by atoms with E-state index in [1.807, 2.05) is 32.9 Å². The van der Waals surface area contributed by atoms with Crippen molar-refractivity contribution in [3.05, 3.63) is 58.0 Å². The first-order valence-electron chi connectivity index (χ1n) is 9.39. The normalized spacial score (nSPS) is 13.0. The summed E-state index contributed by atoms with van der Waals surface area (Å²) < 4.78 is 7.52. The SMILES string of the molecule is Cc1cc(C)n2nc(C)c(C(=O)NCCOc3ccc4c(c3)CCC4)c2n1. The predicted molar refractivity (Wildman–Crippen MR) is 103 cm³/mol. The summed E-state index contributed by atoms with van der Waals surface area (Å²) in [7, 11) is 0. The zero-order valence-electron chi connectivity index (χ0n) is 16.0. The Kier molecular flexibility index (Phi) is 4.56. The van der Waals surface area contributed by atoms with Gasteiger partial charge in [-0.05, 0) is 69.4 Å². The number of ether oxygens (including phenoxy) is 1. The number of hydrogen-bond acceptors (Lipinski definition) is 4. The van der Waals surface area contributed by atoms with Crippen LogP contribution >= 0.6 is 0 Å². The first-order valence-corrected chi connectivity index (χ1v) is 9.39. The van der Waals surface area contributed by atoms with Crippen LogP contribution in [0.2, 0.25) is 0 Å². The number of amides is 1. The van der Waals surface area contributed by atoms with Crippen molar-refractivity contribution in [2.24, 2.45) is 0 Å². The minimum absolute atomic E-state index is 0.169. The molecule has 1 aromatic carbocycles. The van der Waals surface area contributed by atoms with Crippen molar-refractivity contribution in [2.75, 3.05) is 13.2 Å². The fraction of sp³-hybridized carbons (Fsp3) is 0.381. The number of nitrogens with zero attached hydrogens (tertiary/aromatic N) is 3. The van der Waals surface area contributed by atoms with Gasteiger partial charge in [-0.1, -0.05) is 6.07 Å². The van der Waals surface area contributed by atoms with Gasteiger partial charge in [-0.15, -0.1) is 0 Å². The van der Waals surface area contributed by atoms with Gasteiger partial charge in [-0.25, -0.2) is 9.50 Å². The van der Waals surface area contributed by atoms with Gasteiger partial charge in [0.15, 0.2) is 5.65 Å². The van der Waals surface area contributed by atoms with Crippen LogP contribution in [0.3, 0.4) is 0 Å². The molecule has 2 heterocycles. The third-order valence-electron chi connectivity index (χ3n) is 5.02. The van der Waals surface area contributed by atoms with Crippen LogP contribution in [-0.4, -0.2) is 33.7 Å². The van der Waals surface area contributed by atoms with Gasteiger partial charge in [0.1, 0.15) is 17.9 Å². The van der Waals surface area contributed by atoms with Crippen LogP contribution in [0, 0.1) is 20.8 Å². The van der Waals surface area contributed by atoms with E-state index in [-0.39, 0.29) is 5.91 Å². The smallest absolute Gasteiger partial charge is 0.257 e. The van der Waals surface area contributed by atoms with E-state index in [4.69, 9.17) is 4.74 Å². The Labute approximate surface area is 158 Å². The van der Waals surface area contributed by atoms with Crippen LogP contribution in [0.5, 0.6) is 5.75 Å². The second-order valence-corrected chi connectivity index (χ2v) is 7.12. The molecule has 1 N–H and O–H groups in total. The number of nitrogens with one attached hydrogen (secondary N) is 1. The molecular formula is C21H24N4O2. The van der Waals surface area contributed by atoms with E-state index >= 15 is 0 Å². The van der Waals surface area contributed by atoms with Crippen molar-refractivity contribution in [1.82, 2.24) is 19.9 Å². The molecule has 0 unspecified atom stereocenters. The van der Waals surface area contributed by atoms with E-state index in [1.54, 1.807) is 4.52 Å². The summed E-state index contributed by atoms with van der Waals surface area (Å²) in [6, 6.07) is 8.23. The molecule has 0 bridgehead atoms. The Morgan fingerprint density at radius 3 is 2.85 bits per heavy atom. The molecule has 4 rings (SSSR count). The number of aromatic nitrogens is 3. The zero-order chi connectivity index (χ0) is 19.0. The van der Waals surface area contributed by atoms with Gasteiger partial charge in [-0.3, -0.25) is 4.79 Å². The molecule has 3 aromatic rings. The van der Waals surface area contributed by atoms with Crippen LogP contribution in [0.25, 0.3) is 5.65 Å². The third kappa shape index (κ3) is 3.39. The number of carbonyl (C=O) groups is 1. The summed E-state index contributed by atoms with van der Waals surface area (Å²) in [6.07, 6.45) is 3.52. The van der Waals surface area contributed by atoms with E-state index in [0.717, 1.165) is 30.0 Å². The lowest BCUT2D eigenvalue weighted by molar-refractivity contribution is 0.0948. The van der Waals surface area contributed by atoms with Crippen molar-refractivity contribution in [2.45, 2.75) is 40.0 Å². The molecule has 27 heavy (non-hydrogen) atoms. The maximum Gasteiger partial charge on any atom is 0.257 e. The van der Waals surface area contributed by atoms with Gasteiger partial charge < -0.3 is 10.1 Å². The Balaban J connectivity index is 1.40. The molecule has 0 saturated carbocycles. The fourth-order valence-corrected chi connectivity index (χ4v) is 3.75. The van der Waals surface area contributed by atoms with Crippen LogP contribution in [0.15, 0.2) is 24.3 Å². The van der Waals surface area contributed by atoms with Gasteiger partial charge in [0.2, 0.25) is 0 Å². The molecule has 0 radical (unpaired) electrons. The summed E-state index contributed by atoms with van der Waals surface area (Å²) in [6.45, 7) is 6.56. The van der Waals surface area contributed by atoms with Gasteiger partial charge in [-0.2, -0.15) is 5.10 Å². The third-order valence-corrected chi connectivity index (χ3v) is 5.02. The summed E-state index contributed by atoms with van der Waals surface area (Å²) >= 11 is 0. The number of fused-ring (bicyclic) bond motifs is 2. The molecule has 0 spiro atoms. The lowest BCUT2D eigenvalue weighted by Gasteiger charge is -2.09. The lowest BCUT2D eigenvalue weighted by Crippen LogP contribution is -2.28. The minimum atomic E-state index is -0.169. The van der Waals surface area contributed by atoms with Gasteiger partial charge >= 0.3 is 0 Å². The van der Waals surface area contributed by atoms with Crippen LogP contribution in [0.4, 0.5) is 0 Å². The molecule has 0 fully saturated rings. The van der Waals surface area contributed by atoms with Crippen molar-refractivity contribution in [3.8, 4) is 5.75 Å². The quantitative estimate of drug-likeness (QED) is 0.707. The largest absolute Gasteiger partial charge is 0.492 e. The number of hydrogen-bond donors (Lipinski definition) is 1. The predicted octanol–water partition coefficient (Wildman–Crippen LogP) is 2.95. The van der Waals surface area contributed by atoms with Gasteiger partial charge in [0.25, 0.3) is 5.91 Å². The minimum Gasteiger partial charge on any atom is -0.492 e. The molecule has 0 atom stereocenters. The average molecular weight is 364 g/mol. The molecule has 140 valence electrons. The number of carbonyl (C=O) groups excluding carboxylic acids is 1. The van der Waals surface area contributed by atoms with Crippen molar-refractivity contribution >= 4 is 11.6 Å². The van der Waals surface area contributed by atoms with Gasteiger partial charge in [0, 0.05) is 11.4 Å². The van der Waals surface area contributed by atoms with Crippen LogP contribution in [0.1, 0.15) is 45.0 Å². The Morgan fingerprint density at radius 1 is 1.19 bits per heavy atom. The molecule has 2 aromatic heterocycles. The van der Waals surface area contributed by atoms with E-state index in [9.17, 15) is 4.79 Å². The molecule has 6 heteroatoms. The molecule has 0 aliphatic heterocycles. The fourth-order valence-electron chi connectivity index (χ4n) is 3.75. The first kappa shape index (κ1) is 17.5. The highest BCUT2D eigenvalue weighted by molar-refractivity contribution is 6.01. The zero-order valence-corrected chi connectivity index (χ0v) is 16.0. The van der Waals surface area contributed by atoms with Crippen molar-refractivity contribution < 1.29 is 9.53 Å².